The van der Waals surface area contributed by atoms with E-state index in [2.05, 4.69) is 5.32 Å². The van der Waals surface area contributed by atoms with E-state index >= 15 is 0 Å². The van der Waals surface area contributed by atoms with Gasteiger partial charge in [0, 0.05) is 7.11 Å². The number of rotatable bonds is 4. The van der Waals surface area contributed by atoms with Crippen LogP contribution >= 0.6 is 0 Å². The summed E-state index contributed by atoms with van der Waals surface area (Å²) in [5.41, 5.74) is 0.208. The van der Waals surface area contributed by atoms with Crippen molar-refractivity contribution in [3.05, 3.63) is 35.6 Å². The second-order valence-electron chi connectivity index (χ2n) is 4.78. The first-order valence-electron chi connectivity index (χ1n) is 6.38. The molecule has 1 aliphatic rings. The first-order valence-corrected chi connectivity index (χ1v) is 6.38. The highest BCUT2D eigenvalue weighted by atomic mass is 19.1. The Balaban J connectivity index is 2.31. The second-order valence-corrected chi connectivity index (χ2v) is 4.78. The number of ether oxygens (including phenoxy) is 1. The number of barbiturate groups is 1. The lowest BCUT2D eigenvalue weighted by Gasteiger charge is -2.31. The summed E-state index contributed by atoms with van der Waals surface area (Å²) in [6.45, 7) is 1.70. The molecule has 0 radical (unpaired) electrons. The van der Waals surface area contributed by atoms with E-state index in [0.29, 0.717) is 0 Å². The highest BCUT2D eigenvalue weighted by Crippen LogP contribution is 2.23. The van der Waals surface area contributed by atoms with Gasteiger partial charge < -0.3 is 4.74 Å². The molecular weight excluding hydrogens is 279 g/mol. The summed E-state index contributed by atoms with van der Waals surface area (Å²) >= 11 is 0. The van der Waals surface area contributed by atoms with E-state index in [1.54, 1.807) is 6.92 Å². The van der Waals surface area contributed by atoms with E-state index in [-0.39, 0.29) is 18.2 Å². The Bertz CT molecular complexity index is 590. The summed E-state index contributed by atoms with van der Waals surface area (Å²) in [7, 11) is 1.45. The summed E-state index contributed by atoms with van der Waals surface area (Å²) in [6, 6.07) is 4.41. The number of methoxy groups -OCH3 is 1. The molecule has 6 nitrogen and oxygen atoms in total. The minimum atomic E-state index is -1.23. The van der Waals surface area contributed by atoms with Gasteiger partial charge in [0.25, 0.3) is 0 Å². The third kappa shape index (κ3) is 3.08. The number of halogens is 1. The normalized spacial score (nSPS) is 20.4. The molecule has 112 valence electrons. The van der Waals surface area contributed by atoms with E-state index in [1.165, 1.54) is 25.3 Å². The van der Waals surface area contributed by atoms with Crippen molar-refractivity contribution in [2.45, 2.75) is 18.9 Å². The molecule has 1 fully saturated rings. The Morgan fingerprint density at radius 3 is 2.71 bits per heavy atom. The van der Waals surface area contributed by atoms with Crippen molar-refractivity contribution in [2.24, 2.45) is 0 Å². The molecule has 1 aromatic carbocycles. The molecule has 7 heteroatoms. The molecule has 1 N–H and O–H groups in total. The maximum atomic E-state index is 13.3. The molecule has 21 heavy (non-hydrogen) atoms. The van der Waals surface area contributed by atoms with E-state index < -0.39 is 29.6 Å². The highest BCUT2D eigenvalue weighted by Gasteiger charge is 2.41. The number of nitrogens with zero attached hydrogens (tertiary/aromatic N) is 1. The molecule has 1 heterocycles. The first-order chi connectivity index (χ1) is 9.93. The van der Waals surface area contributed by atoms with Gasteiger partial charge in [0.1, 0.15) is 11.7 Å². The first kappa shape index (κ1) is 15.1. The van der Waals surface area contributed by atoms with Gasteiger partial charge in [0.05, 0.1) is 12.6 Å². The maximum absolute atomic E-state index is 13.3. The average molecular weight is 294 g/mol. The molecule has 4 amide bonds. The lowest BCUT2D eigenvalue weighted by molar-refractivity contribution is -0.139. The van der Waals surface area contributed by atoms with Gasteiger partial charge >= 0.3 is 6.03 Å². The Morgan fingerprint density at radius 2 is 2.10 bits per heavy atom. The molecule has 2 rings (SSSR count). The topological polar surface area (TPSA) is 75.7 Å². The lowest BCUT2D eigenvalue weighted by atomic mass is 9.95. The monoisotopic (exact) mass is 294 g/mol. The number of carbonyl (C=O) groups excluding carboxylic acids is 3. The van der Waals surface area contributed by atoms with Crippen molar-refractivity contribution in [2.75, 3.05) is 13.7 Å². The molecule has 1 saturated heterocycles. The smallest absolute Gasteiger partial charge is 0.330 e. The Morgan fingerprint density at radius 1 is 1.38 bits per heavy atom. The van der Waals surface area contributed by atoms with Crippen LogP contribution in [0.15, 0.2) is 24.3 Å². The van der Waals surface area contributed by atoms with Gasteiger partial charge in [-0.05, 0) is 24.6 Å². The predicted molar refractivity (Wildman–Crippen MR) is 70.9 cm³/mol. The predicted octanol–water partition coefficient (Wildman–Crippen LogP) is 1.02. The Kier molecular flexibility index (Phi) is 4.32. The van der Waals surface area contributed by atoms with E-state index in [1.807, 2.05) is 0 Å². The molecule has 1 aliphatic heterocycles. The molecule has 2 atom stereocenters. The average Bonchev–Trinajstić information content (AvgIpc) is 2.43. The van der Waals surface area contributed by atoms with Crippen LogP contribution in [0.25, 0.3) is 0 Å². The van der Waals surface area contributed by atoms with Crippen molar-refractivity contribution in [1.29, 1.82) is 0 Å². The van der Waals surface area contributed by atoms with Crippen molar-refractivity contribution < 1.29 is 23.5 Å². The standard InChI is InChI=1S/C14H15FN2O4/c1-8(21-2)7-17-13(19)11(12(18)16-14(17)20)9-4-3-5-10(15)6-9/h3-6,8,11H,7H2,1-2H3,(H,16,18,20). The summed E-state index contributed by atoms with van der Waals surface area (Å²) in [6.07, 6.45) is -0.374. The number of imide groups is 2. The molecule has 2 unspecified atom stereocenters. The summed E-state index contributed by atoms with van der Waals surface area (Å²) in [5.74, 6) is -3.22. The SMILES string of the molecule is COC(C)CN1C(=O)NC(=O)C(c2cccc(F)c2)C1=O. The number of hydrogen-bond donors (Lipinski definition) is 1. The number of benzene rings is 1. The molecule has 0 saturated carbocycles. The summed E-state index contributed by atoms with van der Waals surface area (Å²) in [4.78, 5) is 36.9. The van der Waals surface area contributed by atoms with Crippen LogP contribution in [0.1, 0.15) is 18.4 Å². The van der Waals surface area contributed by atoms with E-state index in [9.17, 15) is 18.8 Å². The van der Waals surface area contributed by atoms with Crippen molar-refractivity contribution in [1.82, 2.24) is 10.2 Å². The van der Waals surface area contributed by atoms with E-state index in [4.69, 9.17) is 4.74 Å². The van der Waals surface area contributed by atoms with Crippen molar-refractivity contribution >= 4 is 17.8 Å². The highest BCUT2D eigenvalue weighted by molar-refractivity contribution is 6.19. The van der Waals surface area contributed by atoms with Gasteiger partial charge in [-0.2, -0.15) is 0 Å². The number of carbonyl (C=O) groups is 3. The number of amides is 4. The summed E-state index contributed by atoms with van der Waals surface area (Å²) in [5, 5.41) is 2.11. The minimum absolute atomic E-state index is 0.0141. The van der Waals surface area contributed by atoms with Gasteiger partial charge in [-0.1, -0.05) is 12.1 Å². The van der Waals surface area contributed by atoms with Gasteiger partial charge in [0.2, 0.25) is 11.8 Å². The van der Waals surface area contributed by atoms with Crippen LogP contribution in [0.2, 0.25) is 0 Å². The van der Waals surface area contributed by atoms with Crippen LogP contribution in [-0.2, 0) is 14.3 Å². The molecule has 0 bridgehead atoms. The van der Waals surface area contributed by atoms with Crippen LogP contribution in [0.5, 0.6) is 0 Å². The molecule has 0 spiro atoms. The Hall–Kier alpha value is -2.28. The maximum Gasteiger partial charge on any atom is 0.330 e. The quantitative estimate of drug-likeness (QED) is 0.841. The third-order valence-electron chi connectivity index (χ3n) is 3.27. The Labute approximate surface area is 120 Å². The number of urea groups is 1. The van der Waals surface area contributed by atoms with Crippen molar-refractivity contribution in [3.8, 4) is 0 Å². The van der Waals surface area contributed by atoms with Crippen LogP contribution in [-0.4, -0.2) is 42.5 Å². The fourth-order valence-corrected chi connectivity index (χ4v) is 2.10. The fourth-order valence-electron chi connectivity index (χ4n) is 2.10. The van der Waals surface area contributed by atoms with Crippen LogP contribution < -0.4 is 5.32 Å². The largest absolute Gasteiger partial charge is 0.380 e. The zero-order chi connectivity index (χ0) is 15.6. The van der Waals surface area contributed by atoms with Gasteiger partial charge in [0.15, 0.2) is 0 Å². The second kappa shape index (κ2) is 6.01. The number of nitrogens with one attached hydrogen (secondary N) is 1. The van der Waals surface area contributed by atoms with Crippen molar-refractivity contribution in [3.63, 3.8) is 0 Å². The molecule has 0 aliphatic carbocycles. The van der Waals surface area contributed by atoms with Gasteiger partial charge in [-0.25, -0.2) is 9.18 Å². The zero-order valence-corrected chi connectivity index (χ0v) is 11.6. The van der Waals surface area contributed by atoms with Crippen LogP contribution in [0.4, 0.5) is 9.18 Å². The van der Waals surface area contributed by atoms with Crippen LogP contribution in [0.3, 0.4) is 0 Å². The molecule has 1 aromatic rings. The zero-order valence-electron chi connectivity index (χ0n) is 11.6. The molecular formula is C14H15FN2O4. The minimum Gasteiger partial charge on any atom is -0.380 e. The van der Waals surface area contributed by atoms with Crippen LogP contribution in [0, 0.1) is 5.82 Å². The van der Waals surface area contributed by atoms with Gasteiger partial charge in [-0.15, -0.1) is 0 Å². The fraction of sp³-hybridized carbons (Fsp3) is 0.357. The van der Waals surface area contributed by atoms with Gasteiger partial charge in [-0.3, -0.25) is 19.8 Å². The molecule has 0 aromatic heterocycles. The third-order valence-corrected chi connectivity index (χ3v) is 3.27. The summed E-state index contributed by atoms with van der Waals surface area (Å²) < 4.78 is 18.3. The van der Waals surface area contributed by atoms with E-state index in [0.717, 1.165) is 11.0 Å². The number of hydrogen-bond acceptors (Lipinski definition) is 4. The lowest BCUT2D eigenvalue weighted by Crippen LogP contribution is -2.58.